The van der Waals surface area contributed by atoms with Gasteiger partial charge in [0.15, 0.2) is 11.5 Å². The van der Waals surface area contributed by atoms with Crippen LogP contribution < -0.4 is 26.2 Å². The van der Waals surface area contributed by atoms with E-state index >= 15 is 0 Å². The summed E-state index contributed by atoms with van der Waals surface area (Å²) >= 11 is 0. The van der Waals surface area contributed by atoms with Crippen molar-refractivity contribution in [2.45, 2.75) is 63.6 Å². The van der Waals surface area contributed by atoms with E-state index in [0.717, 1.165) is 94.2 Å². The van der Waals surface area contributed by atoms with Crippen LogP contribution in [0.4, 0.5) is 27.8 Å². The Morgan fingerprint density at radius 1 is 0.864 bits per heavy atom. The number of benzene rings is 2. The molecule has 9 rings (SSSR count). The lowest BCUT2D eigenvalue weighted by Crippen LogP contribution is -2.54. The van der Waals surface area contributed by atoms with Crippen LogP contribution in [0.15, 0.2) is 42.6 Å². The predicted molar refractivity (Wildman–Crippen MR) is 217 cm³/mol. The SMILES string of the molecule is CN1CCN([C@@H]2CCCN(c3cnc(C(N)=O)c(Nc4ccc5c(c4)CCN(CC4CCN(c6ccc7c(c6)C(=O)N(C6CCC(=O)NC6=O)C7=O)CC4)C5)n3)C2)C1=O. The minimum atomic E-state index is -0.981. The van der Waals surface area contributed by atoms with Gasteiger partial charge >= 0.3 is 6.03 Å². The van der Waals surface area contributed by atoms with Gasteiger partial charge in [-0.25, -0.2) is 14.8 Å². The van der Waals surface area contributed by atoms with Crippen LogP contribution in [0.1, 0.15) is 80.9 Å². The van der Waals surface area contributed by atoms with Gasteiger partial charge in [-0.2, -0.15) is 0 Å². The topological polar surface area (TPSA) is 198 Å². The van der Waals surface area contributed by atoms with E-state index in [-0.39, 0.29) is 36.2 Å². The number of fused-ring (bicyclic) bond motifs is 2. The minimum absolute atomic E-state index is 0.0585. The fraction of sp³-hybridized carbons (Fsp3) is 0.476. The first-order valence-electron chi connectivity index (χ1n) is 20.7. The fourth-order valence-electron chi connectivity index (χ4n) is 9.60. The quantitative estimate of drug-likeness (QED) is 0.268. The summed E-state index contributed by atoms with van der Waals surface area (Å²) in [5.41, 5.74) is 10.6. The first-order valence-corrected chi connectivity index (χ1v) is 20.7. The van der Waals surface area contributed by atoms with Crippen LogP contribution in [0.25, 0.3) is 0 Å². The molecule has 4 fully saturated rings. The molecule has 4 saturated heterocycles. The molecular weight excluding hydrogens is 755 g/mol. The highest BCUT2D eigenvalue weighted by atomic mass is 16.2. The molecule has 17 heteroatoms. The Morgan fingerprint density at radius 2 is 1.68 bits per heavy atom. The number of anilines is 4. The highest BCUT2D eigenvalue weighted by Crippen LogP contribution is 2.34. The second kappa shape index (κ2) is 15.6. The van der Waals surface area contributed by atoms with Crippen LogP contribution in [-0.4, -0.2) is 137 Å². The molecule has 3 aromatic rings. The maximum absolute atomic E-state index is 13.4. The van der Waals surface area contributed by atoms with Gasteiger partial charge in [-0.15, -0.1) is 0 Å². The normalized spacial score (nSPS) is 22.9. The number of hydrogen-bond acceptors (Lipinski definition) is 12. The van der Waals surface area contributed by atoms with Gasteiger partial charge in [0.2, 0.25) is 11.8 Å². The smallest absolute Gasteiger partial charge is 0.320 e. The summed E-state index contributed by atoms with van der Waals surface area (Å²) in [5.74, 6) is -1.19. The molecule has 0 spiro atoms. The number of aromatic nitrogens is 2. The molecule has 4 N–H and O–H groups in total. The van der Waals surface area contributed by atoms with Gasteiger partial charge in [-0.1, -0.05) is 6.07 Å². The van der Waals surface area contributed by atoms with E-state index in [1.54, 1.807) is 23.2 Å². The van der Waals surface area contributed by atoms with E-state index in [2.05, 4.69) is 42.5 Å². The highest BCUT2D eigenvalue weighted by molar-refractivity contribution is 6.23. The average Bonchev–Trinajstić information content (AvgIpc) is 3.70. The average molecular weight is 804 g/mol. The van der Waals surface area contributed by atoms with Crippen molar-refractivity contribution < 1.29 is 28.8 Å². The number of piperidine rings is 3. The largest absolute Gasteiger partial charge is 0.371 e. The summed E-state index contributed by atoms with van der Waals surface area (Å²) in [6, 6.07) is 10.8. The standard InChI is InChI=1S/C42H49N11O6/c1-48-17-18-52(42(48)59)30-3-2-13-51(24-30)34-21-44-36(37(43)55)38(46-34)45-28-5-4-27-23-49(14-12-26(27)19-28)22-25-10-15-50(16-11-25)29-6-7-31-32(20-29)41(58)53(40(31)57)33-8-9-35(54)47-39(33)56/h4-7,19-21,25,30,33H,2-3,8-18,22-24H2,1H3,(H2,43,55)(H,45,46)(H,47,54,56)/t30-,33?/m1/s1. The molecule has 6 aliphatic heterocycles. The predicted octanol–water partition coefficient (Wildman–Crippen LogP) is 2.33. The summed E-state index contributed by atoms with van der Waals surface area (Å²) in [6.45, 7) is 7.27. The maximum atomic E-state index is 13.4. The summed E-state index contributed by atoms with van der Waals surface area (Å²) < 4.78 is 0. The number of amides is 7. The van der Waals surface area contributed by atoms with E-state index in [0.29, 0.717) is 36.2 Å². The zero-order valence-corrected chi connectivity index (χ0v) is 33.2. The number of primary amides is 1. The molecule has 0 saturated carbocycles. The number of rotatable bonds is 9. The van der Waals surface area contributed by atoms with Crippen molar-refractivity contribution in [3.8, 4) is 0 Å². The number of urea groups is 1. The Kier molecular flexibility index (Phi) is 10.1. The lowest BCUT2D eigenvalue weighted by atomic mass is 9.93. The van der Waals surface area contributed by atoms with Gasteiger partial charge in [0.1, 0.15) is 11.9 Å². The molecule has 2 atom stereocenters. The molecule has 7 amide bonds. The first-order chi connectivity index (χ1) is 28.5. The molecule has 308 valence electrons. The van der Waals surface area contributed by atoms with E-state index in [9.17, 15) is 28.8 Å². The lowest BCUT2D eigenvalue weighted by Gasteiger charge is -2.38. The maximum Gasteiger partial charge on any atom is 0.320 e. The van der Waals surface area contributed by atoms with Crippen LogP contribution in [0.5, 0.6) is 0 Å². The number of nitrogens with one attached hydrogen (secondary N) is 2. The Bertz CT molecular complexity index is 2240. The van der Waals surface area contributed by atoms with Crippen molar-refractivity contribution in [2.75, 3.05) is 74.5 Å². The van der Waals surface area contributed by atoms with Crippen molar-refractivity contribution in [2.24, 2.45) is 11.7 Å². The van der Waals surface area contributed by atoms with Crippen molar-refractivity contribution in [3.63, 3.8) is 0 Å². The van der Waals surface area contributed by atoms with Gasteiger partial charge in [0.25, 0.3) is 17.7 Å². The Balaban J connectivity index is 0.798. The number of carbonyl (C=O) groups excluding carboxylic acids is 6. The lowest BCUT2D eigenvalue weighted by molar-refractivity contribution is -0.136. The number of nitrogens with zero attached hydrogens (tertiary/aromatic N) is 8. The van der Waals surface area contributed by atoms with E-state index in [4.69, 9.17) is 10.7 Å². The van der Waals surface area contributed by atoms with Crippen LogP contribution in [0.3, 0.4) is 0 Å². The second-order valence-electron chi connectivity index (χ2n) is 16.6. The van der Waals surface area contributed by atoms with Crippen LogP contribution in [0, 0.1) is 5.92 Å². The molecule has 1 aromatic heterocycles. The first kappa shape index (κ1) is 38.4. The molecule has 0 bridgehead atoms. The Morgan fingerprint density at radius 3 is 2.44 bits per heavy atom. The van der Waals surface area contributed by atoms with Crippen LogP contribution in [-0.2, 0) is 22.6 Å². The third kappa shape index (κ3) is 7.43. The summed E-state index contributed by atoms with van der Waals surface area (Å²) in [7, 11) is 1.83. The molecule has 6 aliphatic rings. The van der Waals surface area contributed by atoms with Gasteiger partial charge in [-0.05, 0) is 85.9 Å². The number of nitrogens with two attached hydrogens (primary N) is 1. The van der Waals surface area contributed by atoms with E-state index < -0.39 is 35.6 Å². The van der Waals surface area contributed by atoms with Gasteiger partial charge in [0.05, 0.1) is 23.4 Å². The Hall–Kier alpha value is -6.10. The monoisotopic (exact) mass is 803 g/mol. The van der Waals surface area contributed by atoms with Crippen LogP contribution >= 0.6 is 0 Å². The van der Waals surface area contributed by atoms with Gasteiger partial charge in [0, 0.05) is 83.7 Å². The summed E-state index contributed by atoms with van der Waals surface area (Å²) in [5, 5.41) is 5.58. The van der Waals surface area contributed by atoms with Gasteiger partial charge in [-0.3, -0.25) is 39.1 Å². The molecule has 59 heavy (non-hydrogen) atoms. The third-order valence-electron chi connectivity index (χ3n) is 12.9. The Labute approximate surface area is 341 Å². The molecular formula is C42H49N11O6. The van der Waals surface area contributed by atoms with Crippen molar-refractivity contribution in [1.29, 1.82) is 0 Å². The molecule has 7 heterocycles. The zero-order valence-electron chi connectivity index (χ0n) is 33.2. The van der Waals surface area contributed by atoms with Crippen molar-refractivity contribution in [1.82, 2.24) is 34.9 Å². The van der Waals surface area contributed by atoms with Crippen molar-refractivity contribution in [3.05, 3.63) is 70.5 Å². The van der Waals surface area contributed by atoms with Crippen LogP contribution in [0.2, 0.25) is 0 Å². The molecule has 0 aliphatic carbocycles. The molecule has 2 aromatic carbocycles. The molecule has 17 nitrogen and oxygen atoms in total. The zero-order chi connectivity index (χ0) is 40.9. The second-order valence-corrected chi connectivity index (χ2v) is 16.6. The highest BCUT2D eigenvalue weighted by Gasteiger charge is 2.45. The minimum Gasteiger partial charge on any atom is -0.371 e. The molecule has 0 radical (unpaired) electrons. The van der Waals surface area contributed by atoms with Crippen molar-refractivity contribution >= 4 is 58.6 Å². The number of hydrogen-bond donors (Lipinski definition) is 3. The number of likely N-dealkylation sites (N-methyl/N-ethyl adjacent to an activating group) is 1. The van der Waals surface area contributed by atoms with E-state index in [1.165, 1.54) is 11.1 Å². The van der Waals surface area contributed by atoms with E-state index in [1.807, 2.05) is 24.1 Å². The number of imide groups is 2. The molecule has 1 unspecified atom stereocenters. The summed E-state index contributed by atoms with van der Waals surface area (Å²) in [6.07, 6.45) is 6.53. The summed E-state index contributed by atoms with van der Waals surface area (Å²) in [4.78, 5) is 96.6. The third-order valence-corrected chi connectivity index (χ3v) is 12.9. The fourth-order valence-corrected chi connectivity index (χ4v) is 9.60. The van der Waals surface area contributed by atoms with Gasteiger partial charge < -0.3 is 30.7 Å². The number of carbonyl (C=O) groups is 6.